The molecule has 1 aromatic heterocycles. The van der Waals surface area contributed by atoms with E-state index in [1.807, 2.05) is 38.6 Å². The highest BCUT2D eigenvalue weighted by Crippen LogP contribution is 2.10. The Balaban J connectivity index is 0.00000625. The minimum absolute atomic E-state index is 0. The lowest BCUT2D eigenvalue weighted by atomic mass is 10.1. The van der Waals surface area contributed by atoms with Crippen LogP contribution in [0.25, 0.3) is 0 Å². The topological polar surface area (TPSA) is 83.8 Å². The third-order valence-electron chi connectivity index (χ3n) is 3.49. The summed E-state index contributed by atoms with van der Waals surface area (Å²) in [6.45, 7) is 9.59. The number of ether oxygens (including phenoxy) is 1. The van der Waals surface area contributed by atoms with E-state index in [1.54, 1.807) is 25.2 Å². The highest BCUT2D eigenvalue weighted by Gasteiger charge is 2.20. The van der Waals surface area contributed by atoms with Gasteiger partial charge in [-0.1, -0.05) is 6.92 Å². The third-order valence-corrected chi connectivity index (χ3v) is 3.49. The summed E-state index contributed by atoms with van der Waals surface area (Å²) in [4.78, 5) is 17.8. The van der Waals surface area contributed by atoms with E-state index in [1.165, 1.54) is 0 Å². The van der Waals surface area contributed by atoms with E-state index < -0.39 is 5.60 Å². The van der Waals surface area contributed by atoms with Gasteiger partial charge in [0.2, 0.25) is 0 Å². The number of carbonyl (C=O) groups excluding carboxylic acids is 1. The summed E-state index contributed by atoms with van der Waals surface area (Å²) in [5, 5.41) is 10.7. The van der Waals surface area contributed by atoms with Gasteiger partial charge >= 0.3 is 6.09 Å². The molecule has 2 N–H and O–H groups in total. The number of hydrogen-bond donors (Lipinski definition) is 2. The first-order valence-electron chi connectivity index (χ1n) is 8.48. The van der Waals surface area contributed by atoms with E-state index in [2.05, 4.69) is 27.6 Å². The van der Waals surface area contributed by atoms with Crippen LogP contribution in [0.4, 0.5) is 4.79 Å². The molecule has 1 amide bonds. The maximum absolute atomic E-state index is 12.0. The Morgan fingerprint density at radius 1 is 1.42 bits per heavy atom. The van der Waals surface area contributed by atoms with E-state index in [0.29, 0.717) is 25.6 Å². The maximum atomic E-state index is 12.0. The fourth-order valence-electron chi connectivity index (χ4n) is 2.19. The summed E-state index contributed by atoms with van der Waals surface area (Å²) in [5.74, 6) is 0.959. The van der Waals surface area contributed by atoms with Crippen molar-refractivity contribution in [3.05, 3.63) is 18.0 Å². The zero-order valence-corrected chi connectivity index (χ0v) is 19.2. The van der Waals surface area contributed by atoms with Crippen LogP contribution >= 0.6 is 24.0 Å². The molecule has 0 aliphatic rings. The van der Waals surface area contributed by atoms with Gasteiger partial charge in [-0.3, -0.25) is 9.67 Å². The van der Waals surface area contributed by atoms with Gasteiger partial charge in [-0.2, -0.15) is 5.10 Å². The van der Waals surface area contributed by atoms with Crippen molar-refractivity contribution in [1.29, 1.82) is 0 Å². The molecule has 26 heavy (non-hydrogen) atoms. The summed E-state index contributed by atoms with van der Waals surface area (Å²) in [6, 6.07) is 1.96. The molecule has 0 saturated heterocycles. The number of halogens is 1. The first-order chi connectivity index (χ1) is 11.6. The Morgan fingerprint density at radius 3 is 2.58 bits per heavy atom. The SMILES string of the molecule is CN=C(NCc1ccnn1C)NCC(C)CN(C)C(=O)OC(C)(C)C.I. The fourth-order valence-corrected chi connectivity index (χ4v) is 2.19. The first kappa shape index (κ1) is 24.5. The van der Waals surface area contributed by atoms with Crippen molar-refractivity contribution in [1.82, 2.24) is 25.3 Å². The van der Waals surface area contributed by atoms with Gasteiger partial charge in [-0.25, -0.2) is 4.79 Å². The largest absolute Gasteiger partial charge is 0.444 e. The fraction of sp³-hybridized carbons (Fsp3) is 0.706. The maximum Gasteiger partial charge on any atom is 0.410 e. The van der Waals surface area contributed by atoms with Crippen LogP contribution in [-0.2, 0) is 18.3 Å². The second-order valence-corrected chi connectivity index (χ2v) is 7.22. The van der Waals surface area contributed by atoms with Gasteiger partial charge < -0.3 is 20.3 Å². The molecule has 1 unspecified atom stereocenters. The molecule has 0 spiro atoms. The molecule has 0 aliphatic heterocycles. The molecule has 1 heterocycles. The molecule has 150 valence electrons. The molecule has 8 nitrogen and oxygen atoms in total. The lowest BCUT2D eigenvalue weighted by molar-refractivity contribution is 0.0278. The predicted molar refractivity (Wildman–Crippen MR) is 115 cm³/mol. The zero-order valence-electron chi connectivity index (χ0n) is 16.9. The molecule has 0 aromatic carbocycles. The average molecular weight is 480 g/mol. The van der Waals surface area contributed by atoms with Gasteiger partial charge in [-0.05, 0) is 32.8 Å². The van der Waals surface area contributed by atoms with E-state index in [-0.39, 0.29) is 36.0 Å². The highest BCUT2D eigenvalue weighted by atomic mass is 127. The van der Waals surface area contributed by atoms with Gasteiger partial charge in [-0.15, -0.1) is 24.0 Å². The molecule has 0 fully saturated rings. The third kappa shape index (κ3) is 9.25. The Kier molecular flexibility index (Phi) is 10.6. The quantitative estimate of drug-likeness (QED) is 0.371. The van der Waals surface area contributed by atoms with Crippen LogP contribution in [0.5, 0.6) is 0 Å². The van der Waals surface area contributed by atoms with Crippen molar-refractivity contribution in [2.45, 2.75) is 39.8 Å². The highest BCUT2D eigenvalue weighted by molar-refractivity contribution is 14.0. The van der Waals surface area contributed by atoms with E-state index in [0.717, 1.165) is 5.69 Å². The molecular formula is C17H33IN6O2. The van der Waals surface area contributed by atoms with E-state index in [4.69, 9.17) is 4.74 Å². The number of nitrogens with one attached hydrogen (secondary N) is 2. The van der Waals surface area contributed by atoms with Crippen molar-refractivity contribution in [2.24, 2.45) is 18.0 Å². The summed E-state index contributed by atoms with van der Waals surface area (Å²) in [6.07, 6.45) is 1.46. The zero-order chi connectivity index (χ0) is 19.0. The van der Waals surface area contributed by atoms with Crippen LogP contribution in [0.1, 0.15) is 33.4 Å². The number of aliphatic imine (C=N–C) groups is 1. The first-order valence-corrected chi connectivity index (χ1v) is 8.48. The number of nitrogens with zero attached hydrogens (tertiary/aromatic N) is 4. The molecule has 0 aliphatic carbocycles. The lowest BCUT2D eigenvalue weighted by Crippen LogP contribution is -2.42. The van der Waals surface area contributed by atoms with Crippen LogP contribution < -0.4 is 10.6 Å². The van der Waals surface area contributed by atoms with E-state index >= 15 is 0 Å². The summed E-state index contributed by atoms with van der Waals surface area (Å²) in [7, 11) is 5.39. The Labute approximate surface area is 173 Å². The Bertz CT molecular complexity index is 582. The minimum Gasteiger partial charge on any atom is -0.444 e. The molecular weight excluding hydrogens is 447 g/mol. The van der Waals surface area contributed by atoms with Crippen LogP contribution in [-0.4, -0.2) is 59.5 Å². The number of rotatable bonds is 6. The van der Waals surface area contributed by atoms with Gasteiger partial charge in [0, 0.05) is 40.4 Å². The second kappa shape index (κ2) is 11.2. The van der Waals surface area contributed by atoms with Crippen molar-refractivity contribution < 1.29 is 9.53 Å². The molecule has 1 atom stereocenters. The summed E-state index contributed by atoms with van der Waals surface area (Å²) in [5.41, 5.74) is 0.588. The smallest absolute Gasteiger partial charge is 0.410 e. The predicted octanol–water partition coefficient (Wildman–Crippen LogP) is 2.21. The number of hydrogen-bond acceptors (Lipinski definition) is 4. The van der Waals surface area contributed by atoms with Crippen molar-refractivity contribution >= 4 is 36.0 Å². The Morgan fingerprint density at radius 2 is 2.08 bits per heavy atom. The van der Waals surface area contributed by atoms with Gasteiger partial charge in [0.1, 0.15) is 5.60 Å². The van der Waals surface area contributed by atoms with Crippen LogP contribution in [0, 0.1) is 5.92 Å². The molecule has 9 heteroatoms. The minimum atomic E-state index is -0.482. The number of amides is 1. The van der Waals surface area contributed by atoms with E-state index in [9.17, 15) is 4.79 Å². The summed E-state index contributed by atoms with van der Waals surface area (Å²) >= 11 is 0. The number of carbonyl (C=O) groups is 1. The van der Waals surface area contributed by atoms with Gasteiger partial charge in [0.15, 0.2) is 5.96 Å². The van der Waals surface area contributed by atoms with Crippen LogP contribution in [0.3, 0.4) is 0 Å². The monoisotopic (exact) mass is 480 g/mol. The van der Waals surface area contributed by atoms with Crippen LogP contribution in [0.2, 0.25) is 0 Å². The van der Waals surface area contributed by atoms with Crippen molar-refractivity contribution in [3.63, 3.8) is 0 Å². The number of guanidine groups is 1. The van der Waals surface area contributed by atoms with Crippen molar-refractivity contribution in [2.75, 3.05) is 27.2 Å². The summed E-state index contributed by atoms with van der Waals surface area (Å²) < 4.78 is 7.18. The molecule has 1 rings (SSSR count). The normalized spacial score (nSPS) is 12.8. The lowest BCUT2D eigenvalue weighted by Gasteiger charge is -2.26. The number of aromatic nitrogens is 2. The van der Waals surface area contributed by atoms with Gasteiger partial charge in [0.25, 0.3) is 0 Å². The second-order valence-electron chi connectivity index (χ2n) is 7.22. The molecule has 0 radical (unpaired) electrons. The number of aryl methyl sites for hydroxylation is 1. The van der Waals surface area contributed by atoms with Crippen LogP contribution in [0.15, 0.2) is 17.3 Å². The van der Waals surface area contributed by atoms with Crippen molar-refractivity contribution in [3.8, 4) is 0 Å². The standard InChI is InChI=1S/C17H32N6O2.HI/c1-13(12-22(6)16(24)25-17(2,3)4)10-19-15(18-5)20-11-14-8-9-21-23(14)7;/h8-9,13H,10-12H2,1-7H3,(H2,18,19,20);1H. The average Bonchev–Trinajstić information content (AvgIpc) is 2.91. The van der Waals surface area contributed by atoms with Gasteiger partial charge in [0.05, 0.1) is 12.2 Å². The Hall–Kier alpha value is -1.52. The molecule has 0 bridgehead atoms. The molecule has 0 saturated carbocycles. The molecule has 1 aromatic rings.